The van der Waals surface area contributed by atoms with E-state index < -0.39 is 5.97 Å². The number of nitrogens with one attached hydrogen (secondary N) is 1. The lowest BCUT2D eigenvalue weighted by molar-refractivity contribution is 0.0602. The first-order chi connectivity index (χ1) is 9.72. The van der Waals surface area contributed by atoms with E-state index in [-0.39, 0.29) is 0 Å². The van der Waals surface area contributed by atoms with Crippen molar-refractivity contribution < 1.29 is 9.53 Å². The first-order valence-corrected chi connectivity index (χ1v) is 6.27. The Labute approximate surface area is 116 Å². The number of benzene rings is 1. The van der Waals surface area contributed by atoms with Crippen molar-refractivity contribution in [2.24, 2.45) is 0 Å². The lowest BCUT2D eigenvalue weighted by atomic mass is 10.1. The number of hydrogen-bond donors (Lipinski definition) is 2. The SMILES string of the molecule is COC(=O)c1cccc(N)c1NCCCn1ccnn1. The van der Waals surface area contributed by atoms with E-state index in [2.05, 4.69) is 15.6 Å². The highest BCUT2D eigenvalue weighted by Crippen LogP contribution is 2.24. The molecule has 0 aliphatic carbocycles. The molecule has 0 saturated carbocycles. The number of carbonyl (C=O) groups is 1. The fraction of sp³-hybridized carbons (Fsp3) is 0.308. The third kappa shape index (κ3) is 3.25. The summed E-state index contributed by atoms with van der Waals surface area (Å²) in [5.74, 6) is -0.406. The minimum atomic E-state index is -0.406. The number of ether oxygens (including phenoxy) is 1. The number of methoxy groups -OCH3 is 1. The van der Waals surface area contributed by atoms with Gasteiger partial charge in [0.1, 0.15) is 0 Å². The van der Waals surface area contributed by atoms with Crippen LogP contribution in [0.15, 0.2) is 30.6 Å². The van der Waals surface area contributed by atoms with Crippen LogP contribution < -0.4 is 11.1 Å². The Morgan fingerprint density at radius 3 is 3.05 bits per heavy atom. The zero-order valence-electron chi connectivity index (χ0n) is 11.2. The van der Waals surface area contributed by atoms with Crippen LogP contribution >= 0.6 is 0 Å². The molecule has 7 heteroatoms. The Morgan fingerprint density at radius 1 is 1.50 bits per heavy atom. The lowest BCUT2D eigenvalue weighted by Crippen LogP contribution is -2.13. The molecular weight excluding hydrogens is 258 g/mol. The van der Waals surface area contributed by atoms with Gasteiger partial charge in [-0.1, -0.05) is 11.3 Å². The van der Waals surface area contributed by atoms with Gasteiger partial charge < -0.3 is 15.8 Å². The molecule has 2 rings (SSSR count). The normalized spacial score (nSPS) is 10.2. The van der Waals surface area contributed by atoms with E-state index in [1.807, 2.05) is 0 Å². The first kappa shape index (κ1) is 13.9. The average molecular weight is 275 g/mol. The van der Waals surface area contributed by atoms with Crippen LogP contribution in [0, 0.1) is 0 Å². The van der Waals surface area contributed by atoms with Gasteiger partial charge in [-0.25, -0.2) is 4.79 Å². The highest BCUT2D eigenvalue weighted by atomic mass is 16.5. The fourth-order valence-electron chi connectivity index (χ4n) is 1.85. The van der Waals surface area contributed by atoms with Gasteiger partial charge in [0.05, 0.1) is 30.2 Å². The Kier molecular flexibility index (Phi) is 4.54. The second-order valence-corrected chi connectivity index (χ2v) is 4.21. The number of aromatic nitrogens is 3. The Hall–Kier alpha value is -2.57. The topological polar surface area (TPSA) is 95.1 Å². The number of nitrogens with zero attached hydrogens (tertiary/aromatic N) is 3. The van der Waals surface area contributed by atoms with E-state index >= 15 is 0 Å². The zero-order valence-corrected chi connectivity index (χ0v) is 11.2. The predicted molar refractivity (Wildman–Crippen MR) is 75.3 cm³/mol. The van der Waals surface area contributed by atoms with Gasteiger partial charge in [-0.15, -0.1) is 5.10 Å². The standard InChI is InChI=1S/C13H17N5O2/c1-20-13(19)10-4-2-5-11(14)12(10)15-6-3-8-18-9-7-16-17-18/h2,4-5,7,9,15H,3,6,8,14H2,1H3. The van der Waals surface area contributed by atoms with E-state index in [1.165, 1.54) is 7.11 Å². The molecule has 1 aromatic heterocycles. The summed E-state index contributed by atoms with van der Waals surface area (Å²) in [5.41, 5.74) is 7.46. The molecule has 0 aliphatic rings. The van der Waals surface area contributed by atoms with E-state index in [9.17, 15) is 4.79 Å². The molecule has 0 fully saturated rings. The number of rotatable bonds is 6. The third-order valence-corrected chi connectivity index (χ3v) is 2.84. The van der Waals surface area contributed by atoms with Crippen LogP contribution in [0.5, 0.6) is 0 Å². The molecule has 106 valence electrons. The van der Waals surface area contributed by atoms with Gasteiger partial charge in [-0.3, -0.25) is 4.68 Å². The van der Waals surface area contributed by atoms with Crippen molar-refractivity contribution in [3.63, 3.8) is 0 Å². The van der Waals surface area contributed by atoms with Crippen molar-refractivity contribution >= 4 is 17.3 Å². The number of para-hydroxylation sites is 1. The Bertz CT molecular complexity index is 568. The molecule has 7 nitrogen and oxygen atoms in total. The number of nitrogen functional groups attached to an aromatic ring is 1. The summed E-state index contributed by atoms with van der Waals surface area (Å²) in [6, 6.07) is 5.15. The first-order valence-electron chi connectivity index (χ1n) is 6.27. The molecule has 0 radical (unpaired) electrons. The molecule has 2 aromatic rings. The average Bonchev–Trinajstić information content (AvgIpc) is 2.97. The van der Waals surface area contributed by atoms with Gasteiger partial charge in [0.25, 0.3) is 0 Å². The molecule has 0 saturated heterocycles. The number of esters is 1. The number of carbonyl (C=O) groups excluding carboxylic acids is 1. The molecule has 3 N–H and O–H groups in total. The summed E-state index contributed by atoms with van der Waals surface area (Å²) in [7, 11) is 1.35. The van der Waals surface area contributed by atoms with Crippen LogP contribution in [-0.2, 0) is 11.3 Å². The number of anilines is 2. The molecule has 0 bridgehead atoms. The van der Waals surface area contributed by atoms with Crippen LogP contribution in [0.3, 0.4) is 0 Å². The molecule has 0 atom stereocenters. The number of nitrogens with two attached hydrogens (primary N) is 1. The minimum absolute atomic E-state index is 0.406. The largest absolute Gasteiger partial charge is 0.465 e. The summed E-state index contributed by atoms with van der Waals surface area (Å²) in [6.07, 6.45) is 4.27. The maximum Gasteiger partial charge on any atom is 0.340 e. The monoisotopic (exact) mass is 275 g/mol. The van der Waals surface area contributed by atoms with Crippen molar-refractivity contribution in [2.75, 3.05) is 24.7 Å². The maximum absolute atomic E-state index is 11.7. The molecule has 0 amide bonds. The molecule has 1 aromatic carbocycles. The summed E-state index contributed by atoms with van der Waals surface area (Å²) in [5, 5.41) is 10.8. The van der Waals surface area contributed by atoms with Gasteiger partial charge >= 0.3 is 5.97 Å². The second-order valence-electron chi connectivity index (χ2n) is 4.21. The summed E-state index contributed by atoms with van der Waals surface area (Å²) in [6.45, 7) is 1.41. The van der Waals surface area contributed by atoms with E-state index in [0.29, 0.717) is 23.5 Å². The number of hydrogen-bond acceptors (Lipinski definition) is 6. The molecule has 0 aliphatic heterocycles. The Morgan fingerprint density at radius 2 is 2.35 bits per heavy atom. The van der Waals surface area contributed by atoms with Crippen molar-refractivity contribution in [1.82, 2.24) is 15.0 Å². The number of aryl methyl sites for hydroxylation is 1. The highest BCUT2D eigenvalue weighted by Gasteiger charge is 2.13. The summed E-state index contributed by atoms with van der Waals surface area (Å²) < 4.78 is 6.49. The quantitative estimate of drug-likeness (QED) is 0.466. The van der Waals surface area contributed by atoms with Gasteiger partial charge in [0, 0.05) is 19.3 Å². The second kappa shape index (κ2) is 6.55. The van der Waals surface area contributed by atoms with Gasteiger partial charge in [-0.2, -0.15) is 0 Å². The van der Waals surface area contributed by atoms with Crippen molar-refractivity contribution in [2.45, 2.75) is 13.0 Å². The molecular formula is C13H17N5O2. The fourth-order valence-corrected chi connectivity index (χ4v) is 1.85. The molecule has 0 spiro atoms. The third-order valence-electron chi connectivity index (χ3n) is 2.84. The minimum Gasteiger partial charge on any atom is -0.465 e. The van der Waals surface area contributed by atoms with Crippen LogP contribution in [-0.4, -0.2) is 34.6 Å². The van der Waals surface area contributed by atoms with Crippen LogP contribution in [0.1, 0.15) is 16.8 Å². The molecule has 1 heterocycles. The van der Waals surface area contributed by atoms with Crippen molar-refractivity contribution in [1.29, 1.82) is 0 Å². The van der Waals surface area contributed by atoms with E-state index in [4.69, 9.17) is 10.5 Å². The van der Waals surface area contributed by atoms with Crippen LogP contribution in [0.4, 0.5) is 11.4 Å². The zero-order chi connectivity index (χ0) is 14.4. The van der Waals surface area contributed by atoms with Crippen molar-refractivity contribution in [3.8, 4) is 0 Å². The van der Waals surface area contributed by atoms with Crippen molar-refractivity contribution in [3.05, 3.63) is 36.2 Å². The smallest absolute Gasteiger partial charge is 0.340 e. The van der Waals surface area contributed by atoms with Gasteiger partial charge in [0.15, 0.2) is 0 Å². The predicted octanol–water partition coefficient (Wildman–Crippen LogP) is 1.15. The van der Waals surface area contributed by atoms with Crippen LogP contribution in [0.2, 0.25) is 0 Å². The molecule has 0 unspecified atom stereocenters. The highest BCUT2D eigenvalue weighted by molar-refractivity contribution is 5.98. The van der Waals surface area contributed by atoms with Gasteiger partial charge in [0.2, 0.25) is 0 Å². The Balaban J connectivity index is 1.96. The summed E-state index contributed by atoms with van der Waals surface area (Å²) in [4.78, 5) is 11.7. The molecule has 20 heavy (non-hydrogen) atoms. The maximum atomic E-state index is 11.7. The summed E-state index contributed by atoms with van der Waals surface area (Å²) >= 11 is 0. The lowest BCUT2D eigenvalue weighted by Gasteiger charge is -2.13. The van der Waals surface area contributed by atoms with E-state index in [1.54, 1.807) is 35.3 Å². The van der Waals surface area contributed by atoms with E-state index in [0.717, 1.165) is 13.0 Å². The van der Waals surface area contributed by atoms with Crippen LogP contribution in [0.25, 0.3) is 0 Å². The van der Waals surface area contributed by atoms with Gasteiger partial charge in [-0.05, 0) is 18.6 Å².